The summed E-state index contributed by atoms with van der Waals surface area (Å²) in [5.74, 6) is 0.786. The van der Waals surface area contributed by atoms with Gasteiger partial charge in [0, 0.05) is 24.7 Å². The fourth-order valence-electron chi connectivity index (χ4n) is 5.21. The first kappa shape index (κ1) is 19.8. The summed E-state index contributed by atoms with van der Waals surface area (Å²) in [4.78, 5) is 28.7. The molecule has 3 heterocycles. The zero-order valence-corrected chi connectivity index (χ0v) is 17.8. The van der Waals surface area contributed by atoms with Crippen molar-refractivity contribution in [2.24, 2.45) is 5.92 Å². The number of carbonyl (C=O) groups excluding carboxylic acids is 2. The normalized spacial score (nSPS) is 25.6. The van der Waals surface area contributed by atoms with Crippen molar-refractivity contribution in [3.05, 3.63) is 48.0 Å². The van der Waals surface area contributed by atoms with Gasteiger partial charge in [-0.15, -0.1) is 0 Å². The number of rotatable bonds is 5. The van der Waals surface area contributed by atoms with E-state index in [2.05, 4.69) is 10.0 Å². The predicted molar refractivity (Wildman–Crippen MR) is 113 cm³/mol. The van der Waals surface area contributed by atoms with Crippen LogP contribution in [0, 0.1) is 5.92 Å². The Kier molecular flexibility index (Phi) is 4.83. The van der Waals surface area contributed by atoms with Gasteiger partial charge in [0.25, 0.3) is 5.91 Å². The maximum absolute atomic E-state index is 13.8. The smallest absolute Gasteiger partial charge is 0.253 e. The Hall–Kier alpha value is -3.10. The molecule has 31 heavy (non-hydrogen) atoms. The van der Waals surface area contributed by atoms with Crippen LogP contribution in [-0.4, -0.2) is 62.3 Å². The average molecular weight is 423 g/mol. The quantitative estimate of drug-likeness (QED) is 0.683. The number of ether oxygens (including phenoxy) is 3. The molecule has 2 amide bonds. The molecule has 3 atom stereocenters. The number of hydrogen-bond donors (Lipinski definition) is 0. The molecule has 8 heteroatoms. The standard InChI is InChI=1S/C23H25N3O5/c1-29-14-9-10-16(18(13-14)31-3)26-22(27)19-20(15-7-4-5-8-17(15)30-2)24-11-6-12-25(24)21(19)23(26)28/h4-5,7-10,13,19-21H,6,11-12H2,1-3H3/t19-,20+,21+/m0/s1. The Morgan fingerprint density at radius 2 is 1.52 bits per heavy atom. The third kappa shape index (κ3) is 2.82. The van der Waals surface area contributed by atoms with Gasteiger partial charge in [0.1, 0.15) is 23.3 Å². The Balaban J connectivity index is 1.60. The van der Waals surface area contributed by atoms with E-state index in [9.17, 15) is 9.59 Å². The van der Waals surface area contributed by atoms with Crippen LogP contribution in [0.4, 0.5) is 5.69 Å². The molecule has 2 aromatic rings. The monoisotopic (exact) mass is 423 g/mol. The molecule has 3 saturated heterocycles. The van der Waals surface area contributed by atoms with E-state index in [4.69, 9.17) is 14.2 Å². The SMILES string of the molecule is COc1ccc(N2C(=O)[C@H]3[C@@H](c4ccccc4OC)N4CCCN4[C@H]3C2=O)c(OC)c1. The van der Waals surface area contributed by atoms with E-state index >= 15 is 0 Å². The van der Waals surface area contributed by atoms with Crippen LogP contribution >= 0.6 is 0 Å². The lowest BCUT2D eigenvalue weighted by Gasteiger charge is -2.30. The second-order valence-corrected chi connectivity index (χ2v) is 7.89. The molecular weight excluding hydrogens is 398 g/mol. The van der Waals surface area contributed by atoms with Crippen molar-refractivity contribution >= 4 is 17.5 Å². The zero-order valence-electron chi connectivity index (χ0n) is 17.8. The van der Waals surface area contributed by atoms with Gasteiger partial charge in [-0.1, -0.05) is 18.2 Å². The maximum Gasteiger partial charge on any atom is 0.253 e. The van der Waals surface area contributed by atoms with Crippen molar-refractivity contribution in [3.63, 3.8) is 0 Å². The molecule has 2 aromatic carbocycles. The number of hydrogen-bond acceptors (Lipinski definition) is 7. The number of carbonyl (C=O) groups is 2. The molecule has 162 valence electrons. The van der Waals surface area contributed by atoms with Gasteiger partial charge < -0.3 is 14.2 Å². The second kappa shape index (κ2) is 7.55. The molecule has 0 unspecified atom stereocenters. The Morgan fingerprint density at radius 1 is 0.806 bits per heavy atom. The van der Waals surface area contributed by atoms with E-state index in [0.29, 0.717) is 17.2 Å². The van der Waals surface area contributed by atoms with Crippen LogP contribution in [0.15, 0.2) is 42.5 Å². The number of anilines is 1. The highest BCUT2D eigenvalue weighted by Gasteiger charge is 2.63. The van der Waals surface area contributed by atoms with Gasteiger partial charge in [-0.25, -0.2) is 14.9 Å². The lowest BCUT2D eigenvalue weighted by molar-refractivity contribution is -0.126. The Morgan fingerprint density at radius 3 is 2.23 bits per heavy atom. The molecule has 3 aliphatic rings. The van der Waals surface area contributed by atoms with Gasteiger partial charge >= 0.3 is 0 Å². The highest BCUT2D eigenvalue weighted by Crippen LogP contribution is 2.51. The first-order valence-corrected chi connectivity index (χ1v) is 10.4. The van der Waals surface area contributed by atoms with Crippen molar-refractivity contribution in [2.75, 3.05) is 39.3 Å². The summed E-state index contributed by atoms with van der Waals surface area (Å²) >= 11 is 0. The molecule has 0 radical (unpaired) electrons. The van der Waals surface area contributed by atoms with Gasteiger partial charge in [0.2, 0.25) is 5.91 Å². The highest BCUT2D eigenvalue weighted by atomic mass is 16.5. The summed E-state index contributed by atoms with van der Waals surface area (Å²) in [6.07, 6.45) is 0.947. The highest BCUT2D eigenvalue weighted by molar-refractivity contribution is 6.24. The number of imide groups is 1. The first-order valence-electron chi connectivity index (χ1n) is 10.4. The molecule has 0 bridgehead atoms. The first-order chi connectivity index (χ1) is 15.1. The Labute approximate surface area is 180 Å². The van der Waals surface area contributed by atoms with E-state index in [-0.39, 0.29) is 17.9 Å². The summed E-state index contributed by atoms with van der Waals surface area (Å²) in [7, 11) is 4.71. The van der Waals surface area contributed by atoms with Crippen LogP contribution in [0.2, 0.25) is 0 Å². The summed E-state index contributed by atoms with van der Waals surface area (Å²) in [6.45, 7) is 1.56. The summed E-state index contributed by atoms with van der Waals surface area (Å²) in [5, 5.41) is 4.24. The van der Waals surface area contributed by atoms with Gasteiger partial charge in [0.05, 0.1) is 39.0 Å². The minimum atomic E-state index is -0.531. The van der Waals surface area contributed by atoms with E-state index < -0.39 is 12.0 Å². The van der Waals surface area contributed by atoms with E-state index in [0.717, 1.165) is 30.8 Å². The molecule has 0 spiro atoms. The van der Waals surface area contributed by atoms with Gasteiger partial charge in [0.15, 0.2) is 0 Å². The number of amides is 2. The van der Waals surface area contributed by atoms with Crippen LogP contribution in [-0.2, 0) is 9.59 Å². The van der Waals surface area contributed by atoms with Crippen LogP contribution in [0.25, 0.3) is 0 Å². The Bertz CT molecular complexity index is 1040. The van der Waals surface area contributed by atoms with E-state index in [1.165, 1.54) is 12.0 Å². The molecule has 0 N–H and O–H groups in total. The zero-order chi connectivity index (χ0) is 21.7. The van der Waals surface area contributed by atoms with Gasteiger partial charge in [-0.2, -0.15) is 0 Å². The number of fused-ring (bicyclic) bond motifs is 3. The fraction of sp³-hybridized carbons (Fsp3) is 0.391. The van der Waals surface area contributed by atoms with Crippen molar-refractivity contribution in [1.82, 2.24) is 10.0 Å². The van der Waals surface area contributed by atoms with Gasteiger partial charge in [-0.3, -0.25) is 9.59 Å². The summed E-state index contributed by atoms with van der Waals surface area (Å²) in [5.41, 5.74) is 1.37. The van der Waals surface area contributed by atoms with E-state index in [1.807, 2.05) is 24.3 Å². The predicted octanol–water partition coefficient (Wildman–Crippen LogP) is 2.25. The molecule has 3 fully saturated rings. The minimum Gasteiger partial charge on any atom is -0.497 e. The minimum absolute atomic E-state index is 0.219. The average Bonchev–Trinajstić information content (AvgIpc) is 3.45. The van der Waals surface area contributed by atoms with Gasteiger partial charge in [-0.05, 0) is 24.6 Å². The number of benzene rings is 2. The second-order valence-electron chi connectivity index (χ2n) is 7.89. The van der Waals surface area contributed by atoms with Crippen LogP contribution < -0.4 is 19.1 Å². The fourth-order valence-corrected chi connectivity index (χ4v) is 5.21. The lowest BCUT2D eigenvalue weighted by atomic mass is 9.89. The summed E-state index contributed by atoms with van der Waals surface area (Å²) < 4.78 is 16.3. The summed E-state index contributed by atoms with van der Waals surface area (Å²) in [6, 6.07) is 12.1. The van der Waals surface area contributed by atoms with Crippen molar-refractivity contribution in [3.8, 4) is 17.2 Å². The lowest BCUT2D eigenvalue weighted by Crippen LogP contribution is -2.44. The van der Waals surface area contributed by atoms with E-state index in [1.54, 1.807) is 32.4 Å². The molecule has 5 rings (SSSR count). The largest absolute Gasteiger partial charge is 0.497 e. The molecule has 0 aromatic heterocycles. The number of para-hydroxylation sites is 1. The van der Waals surface area contributed by atoms with Crippen molar-refractivity contribution < 1.29 is 23.8 Å². The number of methoxy groups -OCH3 is 3. The maximum atomic E-state index is 13.8. The third-order valence-corrected chi connectivity index (χ3v) is 6.49. The van der Waals surface area contributed by atoms with Crippen LogP contribution in [0.5, 0.6) is 17.2 Å². The topological polar surface area (TPSA) is 71.5 Å². The number of nitrogens with zero attached hydrogens (tertiary/aromatic N) is 3. The van der Waals surface area contributed by atoms with Crippen LogP contribution in [0.1, 0.15) is 18.0 Å². The molecular formula is C23H25N3O5. The van der Waals surface area contributed by atoms with Crippen LogP contribution in [0.3, 0.4) is 0 Å². The van der Waals surface area contributed by atoms with Crippen molar-refractivity contribution in [2.45, 2.75) is 18.5 Å². The molecule has 8 nitrogen and oxygen atoms in total. The molecule has 0 aliphatic carbocycles. The molecule has 0 saturated carbocycles. The van der Waals surface area contributed by atoms with Crippen molar-refractivity contribution in [1.29, 1.82) is 0 Å². The third-order valence-electron chi connectivity index (χ3n) is 6.49. The number of hydrazine groups is 1. The molecule has 3 aliphatic heterocycles.